The third-order valence-corrected chi connectivity index (χ3v) is 6.81. The molecule has 0 aliphatic carbocycles. The lowest BCUT2D eigenvalue weighted by atomic mass is 10.0. The zero-order chi connectivity index (χ0) is 26.2. The fourth-order valence-corrected chi connectivity index (χ4v) is 5.01. The number of hydrogen-bond donors (Lipinski definition) is 1. The molecule has 4 aromatic carbocycles. The van der Waals surface area contributed by atoms with Gasteiger partial charge >= 0.3 is 0 Å². The van der Waals surface area contributed by atoms with Gasteiger partial charge in [-0.2, -0.15) is 0 Å². The molecule has 5 nitrogen and oxygen atoms in total. The highest BCUT2D eigenvalue weighted by Gasteiger charge is 2.19. The molecule has 0 aliphatic heterocycles. The van der Waals surface area contributed by atoms with E-state index in [0.717, 1.165) is 44.8 Å². The lowest BCUT2D eigenvalue weighted by Crippen LogP contribution is -2.11. The maximum atomic E-state index is 10.7. The van der Waals surface area contributed by atoms with Gasteiger partial charge in [0, 0.05) is 39.5 Å². The van der Waals surface area contributed by atoms with E-state index in [1.807, 2.05) is 78.9 Å². The van der Waals surface area contributed by atoms with Gasteiger partial charge < -0.3 is 9.52 Å². The van der Waals surface area contributed by atoms with Gasteiger partial charge in [-0.1, -0.05) is 66.7 Å². The van der Waals surface area contributed by atoms with Gasteiger partial charge in [0.15, 0.2) is 5.58 Å². The molecule has 0 fully saturated rings. The molecule has 7 rings (SSSR count). The van der Waals surface area contributed by atoms with Crippen molar-refractivity contribution in [1.82, 2.24) is 9.97 Å². The second-order valence-electron chi connectivity index (χ2n) is 9.26. The Morgan fingerprint density at radius 2 is 1.41 bits per heavy atom. The number of phenolic OH excluding ortho intramolecular Hbond substituents is 1. The van der Waals surface area contributed by atoms with E-state index < -0.39 is 0 Å². The van der Waals surface area contributed by atoms with Gasteiger partial charge in [0.25, 0.3) is 0 Å². The summed E-state index contributed by atoms with van der Waals surface area (Å²) in [6.07, 6.45) is 1.80. The number of aromatic nitrogens is 2. The van der Waals surface area contributed by atoms with Gasteiger partial charge in [0.1, 0.15) is 22.8 Å². The molecule has 0 saturated heterocycles. The Morgan fingerprint density at radius 1 is 0.641 bits per heavy atom. The average molecular weight is 506 g/mol. The van der Waals surface area contributed by atoms with Crippen LogP contribution in [0.2, 0.25) is 0 Å². The number of furan rings is 1. The highest BCUT2D eigenvalue weighted by atomic mass is 16.3. The van der Waals surface area contributed by atoms with E-state index in [1.54, 1.807) is 18.3 Å². The van der Waals surface area contributed by atoms with Gasteiger partial charge in [-0.25, -0.2) is 9.97 Å². The van der Waals surface area contributed by atoms with Crippen LogP contribution < -0.4 is 4.90 Å². The molecule has 186 valence electrons. The van der Waals surface area contributed by atoms with Gasteiger partial charge in [-0.05, 0) is 60.7 Å². The average Bonchev–Trinajstić information content (AvgIpc) is 3.37. The summed E-state index contributed by atoms with van der Waals surface area (Å²) in [7, 11) is 0. The number of aromatic hydroxyl groups is 1. The molecule has 0 aliphatic rings. The molecule has 3 aromatic heterocycles. The normalized spacial score (nSPS) is 11.2. The minimum atomic E-state index is 0.156. The van der Waals surface area contributed by atoms with Crippen LogP contribution in [0.4, 0.5) is 17.2 Å². The summed E-state index contributed by atoms with van der Waals surface area (Å²) in [6, 6.07) is 41.6. The van der Waals surface area contributed by atoms with Crippen molar-refractivity contribution in [1.29, 1.82) is 0 Å². The van der Waals surface area contributed by atoms with E-state index in [-0.39, 0.29) is 5.75 Å². The van der Waals surface area contributed by atoms with E-state index >= 15 is 0 Å². The van der Waals surface area contributed by atoms with Gasteiger partial charge in [0.2, 0.25) is 0 Å². The molecule has 0 unspecified atom stereocenters. The van der Waals surface area contributed by atoms with Crippen molar-refractivity contribution in [2.75, 3.05) is 4.90 Å². The van der Waals surface area contributed by atoms with Crippen LogP contribution in [0.15, 0.2) is 138 Å². The first-order valence-corrected chi connectivity index (χ1v) is 12.7. The number of hydrogen-bond acceptors (Lipinski definition) is 5. The third-order valence-electron chi connectivity index (χ3n) is 6.81. The summed E-state index contributed by atoms with van der Waals surface area (Å²) in [6.45, 7) is 0. The topological polar surface area (TPSA) is 62.4 Å². The van der Waals surface area contributed by atoms with Crippen LogP contribution in [0.25, 0.3) is 44.5 Å². The van der Waals surface area contributed by atoms with Gasteiger partial charge in [-0.3, -0.25) is 4.90 Å². The summed E-state index contributed by atoms with van der Waals surface area (Å²) < 4.78 is 6.27. The molecule has 0 bridgehead atoms. The molecular formula is C34H23N3O2. The van der Waals surface area contributed by atoms with E-state index in [1.165, 1.54) is 0 Å². The summed E-state index contributed by atoms with van der Waals surface area (Å²) in [5.41, 5.74) is 6.34. The van der Waals surface area contributed by atoms with E-state index in [2.05, 4.69) is 46.3 Å². The Morgan fingerprint density at radius 3 is 2.26 bits per heavy atom. The van der Waals surface area contributed by atoms with Crippen LogP contribution in [-0.4, -0.2) is 15.1 Å². The van der Waals surface area contributed by atoms with E-state index in [0.29, 0.717) is 16.8 Å². The Kier molecular flexibility index (Phi) is 5.52. The zero-order valence-corrected chi connectivity index (χ0v) is 20.9. The number of anilines is 3. The molecule has 1 N–H and O–H groups in total. The van der Waals surface area contributed by atoms with Crippen molar-refractivity contribution in [3.05, 3.63) is 134 Å². The summed E-state index contributed by atoms with van der Waals surface area (Å²) in [5.74, 6) is 0.975. The minimum Gasteiger partial charge on any atom is -0.507 e. The monoisotopic (exact) mass is 505 g/mol. The van der Waals surface area contributed by atoms with E-state index in [9.17, 15) is 5.11 Å². The molecule has 5 heteroatoms. The Labute approximate surface area is 225 Å². The van der Waals surface area contributed by atoms with Crippen molar-refractivity contribution >= 4 is 39.1 Å². The number of benzene rings is 4. The first-order valence-electron chi connectivity index (χ1n) is 12.7. The molecule has 0 amide bonds. The second-order valence-corrected chi connectivity index (χ2v) is 9.26. The van der Waals surface area contributed by atoms with Crippen molar-refractivity contribution < 1.29 is 9.52 Å². The summed E-state index contributed by atoms with van der Waals surface area (Å²) in [4.78, 5) is 11.8. The van der Waals surface area contributed by atoms with Crippen LogP contribution in [0.3, 0.4) is 0 Å². The predicted octanol–water partition coefficient (Wildman–Crippen LogP) is 8.89. The number of para-hydroxylation sites is 3. The molecule has 0 spiro atoms. The lowest BCUT2D eigenvalue weighted by Gasteiger charge is -2.24. The quantitative estimate of drug-likeness (QED) is 0.253. The van der Waals surface area contributed by atoms with Crippen molar-refractivity contribution in [2.45, 2.75) is 0 Å². The zero-order valence-electron chi connectivity index (χ0n) is 20.9. The highest BCUT2D eigenvalue weighted by molar-refractivity contribution is 6.10. The Bertz CT molecular complexity index is 1890. The molecule has 0 atom stereocenters. The molecule has 7 aromatic rings. The summed E-state index contributed by atoms with van der Waals surface area (Å²) >= 11 is 0. The fraction of sp³-hybridized carbons (Fsp3) is 0. The molecular weight excluding hydrogens is 482 g/mol. The van der Waals surface area contributed by atoms with Crippen LogP contribution in [0.5, 0.6) is 5.75 Å². The van der Waals surface area contributed by atoms with Crippen LogP contribution in [-0.2, 0) is 0 Å². The van der Waals surface area contributed by atoms with Crippen LogP contribution >= 0.6 is 0 Å². The smallest absolute Gasteiger partial charge is 0.161 e. The number of fused-ring (bicyclic) bond motifs is 3. The lowest BCUT2D eigenvalue weighted by molar-refractivity contribution is 0.477. The SMILES string of the molecule is Oc1ccccc1-c1nc(-c2cccc(N(c3ccccc3)c3ccccn3)c2)cc2c1oc1ccccc12. The summed E-state index contributed by atoms with van der Waals surface area (Å²) in [5, 5.41) is 12.7. The molecule has 3 heterocycles. The highest BCUT2D eigenvalue weighted by Crippen LogP contribution is 2.41. The molecule has 39 heavy (non-hydrogen) atoms. The van der Waals surface area contributed by atoms with Crippen LogP contribution in [0, 0.1) is 0 Å². The van der Waals surface area contributed by atoms with Crippen LogP contribution in [0.1, 0.15) is 0 Å². The third kappa shape index (κ3) is 4.06. The number of phenols is 1. The predicted molar refractivity (Wildman–Crippen MR) is 157 cm³/mol. The Hall–Kier alpha value is -5.42. The second kappa shape index (κ2) is 9.47. The maximum absolute atomic E-state index is 10.7. The van der Waals surface area contributed by atoms with Gasteiger partial charge in [0.05, 0.1) is 5.69 Å². The van der Waals surface area contributed by atoms with E-state index in [4.69, 9.17) is 9.40 Å². The first kappa shape index (κ1) is 22.8. The number of nitrogens with zero attached hydrogens (tertiary/aromatic N) is 3. The fourth-order valence-electron chi connectivity index (χ4n) is 5.01. The van der Waals surface area contributed by atoms with Crippen molar-refractivity contribution in [2.24, 2.45) is 0 Å². The van der Waals surface area contributed by atoms with Gasteiger partial charge in [-0.15, -0.1) is 0 Å². The number of rotatable bonds is 5. The minimum absolute atomic E-state index is 0.156. The first-order chi connectivity index (χ1) is 19.3. The standard InChI is InChI=1S/C34H23N3O2/c38-30-17-6-4-16-27(30)33-34-28(26-15-5-7-18-31(26)39-34)22-29(36-33)23-11-10-14-25(21-23)37(24-12-2-1-3-13-24)32-19-8-9-20-35-32/h1-22,38H. The van der Waals surface area contributed by atoms with Crippen molar-refractivity contribution in [3.63, 3.8) is 0 Å². The maximum Gasteiger partial charge on any atom is 0.161 e. The molecule has 0 radical (unpaired) electrons. The van der Waals surface area contributed by atoms with Crippen molar-refractivity contribution in [3.8, 4) is 28.3 Å². The Balaban J connectivity index is 1.45. The largest absolute Gasteiger partial charge is 0.507 e. The molecule has 0 saturated carbocycles. The number of pyridine rings is 2.